The van der Waals surface area contributed by atoms with Crippen molar-refractivity contribution >= 4 is 0 Å². The zero-order valence-electron chi connectivity index (χ0n) is 8.11. The molecule has 2 N–H and O–H groups in total. The normalized spacial score (nSPS) is 23.4. The molecule has 1 nitrogen and oxygen atoms in total. The Morgan fingerprint density at radius 3 is 2.64 bits per heavy atom. The Morgan fingerprint density at radius 1 is 1.43 bits per heavy atom. The molecule has 0 saturated heterocycles. The average molecular weight is 207 g/mol. The Labute approximate surface area is 82.2 Å². The number of hydrogen-bond donors (Lipinski definition) is 1. The first kappa shape index (κ1) is 11.6. The average Bonchev–Trinajstić information content (AvgIpc) is 2.06. The Balaban J connectivity index is 2.19. The third kappa shape index (κ3) is 4.65. The van der Waals surface area contributed by atoms with Gasteiger partial charge in [0.2, 0.25) is 0 Å². The quantitative estimate of drug-likeness (QED) is 0.707. The van der Waals surface area contributed by atoms with Crippen LogP contribution in [0, 0.1) is 0 Å². The van der Waals surface area contributed by atoms with Gasteiger partial charge in [-0.05, 0) is 32.1 Å². The van der Waals surface area contributed by atoms with Crippen LogP contribution >= 0.6 is 0 Å². The number of hydrogen-bond acceptors (Lipinski definition) is 1. The molecule has 82 valence electrons. The van der Waals surface area contributed by atoms with Gasteiger partial charge in [-0.2, -0.15) is 13.2 Å². The predicted octanol–water partition coefficient (Wildman–Crippen LogP) is 3.16. The Kier molecular flexibility index (Phi) is 3.98. The highest BCUT2D eigenvalue weighted by molar-refractivity contribution is 5.07. The molecule has 1 unspecified atom stereocenters. The zero-order valence-corrected chi connectivity index (χ0v) is 8.11. The molecular formula is C10H16F3N. The van der Waals surface area contributed by atoms with Crippen molar-refractivity contribution in [3.63, 3.8) is 0 Å². The van der Waals surface area contributed by atoms with E-state index in [2.05, 4.69) is 0 Å². The standard InChI is InChI=1S/C10H16F3N/c11-10(12,13)7-1-2-8-3-5-9(14)6-4-8/h3,9H,1-2,4-7,14H2. The summed E-state index contributed by atoms with van der Waals surface area (Å²) in [5.74, 6) is 0. The van der Waals surface area contributed by atoms with E-state index in [-0.39, 0.29) is 12.5 Å². The van der Waals surface area contributed by atoms with Crippen molar-refractivity contribution in [3.8, 4) is 0 Å². The zero-order chi connectivity index (χ0) is 10.6. The summed E-state index contributed by atoms with van der Waals surface area (Å²) in [6.45, 7) is 0. The first-order chi connectivity index (χ1) is 6.47. The molecular weight excluding hydrogens is 191 g/mol. The van der Waals surface area contributed by atoms with Gasteiger partial charge in [0, 0.05) is 12.5 Å². The number of alkyl halides is 3. The summed E-state index contributed by atoms with van der Waals surface area (Å²) in [7, 11) is 0. The minimum atomic E-state index is -4.01. The molecule has 0 radical (unpaired) electrons. The van der Waals surface area contributed by atoms with Crippen LogP contribution < -0.4 is 5.73 Å². The van der Waals surface area contributed by atoms with Gasteiger partial charge < -0.3 is 5.73 Å². The van der Waals surface area contributed by atoms with Crippen molar-refractivity contribution in [2.75, 3.05) is 0 Å². The van der Waals surface area contributed by atoms with Gasteiger partial charge in [0.15, 0.2) is 0 Å². The van der Waals surface area contributed by atoms with Gasteiger partial charge in [-0.25, -0.2) is 0 Å². The van der Waals surface area contributed by atoms with Gasteiger partial charge in [0.25, 0.3) is 0 Å². The van der Waals surface area contributed by atoms with Crippen LogP contribution in [-0.2, 0) is 0 Å². The van der Waals surface area contributed by atoms with Crippen molar-refractivity contribution in [1.82, 2.24) is 0 Å². The number of halogens is 3. The highest BCUT2D eigenvalue weighted by atomic mass is 19.4. The van der Waals surface area contributed by atoms with Crippen LogP contribution in [-0.4, -0.2) is 12.2 Å². The van der Waals surface area contributed by atoms with Crippen molar-refractivity contribution in [1.29, 1.82) is 0 Å². The molecule has 14 heavy (non-hydrogen) atoms. The summed E-state index contributed by atoms with van der Waals surface area (Å²) in [6, 6.07) is 0.210. The van der Waals surface area contributed by atoms with Crippen LogP contribution in [0.5, 0.6) is 0 Å². The monoisotopic (exact) mass is 207 g/mol. The molecule has 0 heterocycles. The lowest BCUT2D eigenvalue weighted by atomic mass is 9.93. The SMILES string of the molecule is NC1CC=C(CCCC(F)(F)F)CC1. The topological polar surface area (TPSA) is 26.0 Å². The Morgan fingerprint density at radius 2 is 2.14 bits per heavy atom. The molecule has 1 aliphatic rings. The number of rotatable bonds is 3. The molecule has 1 atom stereocenters. The maximum atomic E-state index is 11.8. The summed E-state index contributed by atoms with van der Waals surface area (Å²) in [4.78, 5) is 0. The second kappa shape index (κ2) is 4.82. The van der Waals surface area contributed by atoms with E-state index >= 15 is 0 Å². The van der Waals surface area contributed by atoms with Gasteiger partial charge in [-0.3, -0.25) is 0 Å². The van der Waals surface area contributed by atoms with Crippen LogP contribution in [0.15, 0.2) is 11.6 Å². The predicted molar refractivity (Wildman–Crippen MR) is 49.8 cm³/mol. The lowest BCUT2D eigenvalue weighted by molar-refractivity contribution is -0.135. The third-order valence-electron chi connectivity index (χ3n) is 2.50. The molecule has 0 aromatic heterocycles. The van der Waals surface area contributed by atoms with Gasteiger partial charge in [0.05, 0.1) is 0 Å². The lowest BCUT2D eigenvalue weighted by Gasteiger charge is -2.18. The molecule has 0 aromatic carbocycles. The third-order valence-corrected chi connectivity index (χ3v) is 2.50. The van der Waals surface area contributed by atoms with Crippen LogP contribution in [0.2, 0.25) is 0 Å². The van der Waals surface area contributed by atoms with Gasteiger partial charge in [0.1, 0.15) is 0 Å². The van der Waals surface area contributed by atoms with Gasteiger partial charge in [-0.15, -0.1) is 0 Å². The van der Waals surface area contributed by atoms with Crippen molar-refractivity contribution < 1.29 is 13.2 Å². The van der Waals surface area contributed by atoms with Crippen LogP contribution in [0.25, 0.3) is 0 Å². The van der Waals surface area contributed by atoms with E-state index in [1.807, 2.05) is 6.08 Å². The maximum Gasteiger partial charge on any atom is 0.389 e. The highest BCUT2D eigenvalue weighted by Gasteiger charge is 2.26. The van der Waals surface area contributed by atoms with E-state index in [0.717, 1.165) is 24.8 Å². The molecule has 1 aliphatic carbocycles. The molecule has 0 bridgehead atoms. The molecule has 0 aromatic rings. The largest absolute Gasteiger partial charge is 0.389 e. The highest BCUT2D eigenvalue weighted by Crippen LogP contribution is 2.26. The fourth-order valence-corrected chi connectivity index (χ4v) is 1.65. The minimum Gasteiger partial charge on any atom is -0.327 e. The van der Waals surface area contributed by atoms with E-state index in [9.17, 15) is 13.2 Å². The molecule has 0 aliphatic heterocycles. The second-order valence-corrected chi connectivity index (χ2v) is 3.87. The molecule has 4 heteroatoms. The fourth-order valence-electron chi connectivity index (χ4n) is 1.65. The molecule has 0 spiro atoms. The first-order valence-corrected chi connectivity index (χ1v) is 4.97. The first-order valence-electron chi connectivity index (χ1n) is 4.97. The number of allylic oxidation sites excluding steroid dienone is 1. The Hall–Kier alpha value is -0.510. The number of nitrogens with two attached hydrogens (primary N) is 1. The molecule has 0 amide bonds. The van der Waals surface area contributed by atoms with E-state index in [4.69, 9.17) is 5.73 Å². The summed E-state index contributed by atoms with van der Waals surface area (Å²) < 4.78 is 35.5. The van der Waals surface area contributed by atoms with E-state index in [1.54, 1.807) is 0 Å². The van der Waals surface area contributed by atoms with Crippen LogP contribution in [0.4, 0.5) is 13.2 Å². The Bertz CT molecular complexity index is 208. The van der Waals surface area contributed by atoms with Crippen molar-refractivity contribution in [3.05, 3.63) is 11.6 Å². The maximum absolute atomic E-state index is 11.8. The smallest absolute Gasteiger partial charge is 0.327 e. The molecule has 0 fully saturated rings. The lowest BCUT2D eigenvalue weighted by Crippen LogP contribution is -2.21. The minimum absolute atomic E-state index is 0.210. The van der Waals surface area contributed by atoms with Crippen molar-refractivity contribution in [2.45, 2.75) is 50.7 Å². The van der Waals surface area contributed by atoms with E-state index in [0.29, 0.717) is 6.42 Å². The fraction of sp³-hybridized carbons (Fsp3) is 0.800. The van der Waals surface area contributed by atoms with Crippen LogP contribution in [0.1, 0.15) is 38.5 Å². The van der Waals surface area contributed by atoms with E-state index < -0.39 is 12.6 Å². The molecule has 1 rings (SSSR count). The van der Waals surface area contributed by atoms with E-state index in [1.165, 1.54) is 0 Å². The summed E-state index contributed by atoms with van der Waals surface area (Å²) in [5.41, 5.74) is 6.82. The van der Waals surface area contributed by atoms with Crippen molar-refractivity contribution in [2.24, 2.45) is 5.73 Å². The second-order valence-electron chi connectivity index (χ2n) is 3.87. The van der Waals surface area contributed by atoms with Crippen LogP contribution in [0.3, 0.4) is 0 Å². The van der Waals surface area contributed by atoms with Gasteiger partial charge in [-0.1, -0.05) is 11.6 Å². The summed E-state index contributed by atoms with van der Waals surface area (Å²) in [6.07, 6.45) is 0.724. The summed E-state index contributed by atoms with van der Waals surface area (Å²) in [5, 5.41) is 0. The summed E-state index contributed by atoms with van der Waals surface area (Å²) >= 11 is 0. The molecule has 0 saturated carbocycles. The van der Waals surface area contributed by atoms with Gasteiger partial charge >= 0.3 is 6.18 Å².